The van der Waals surface area contributed by atoms with Crippen molar-refractivity contribution in [2.24, 2.45) is 0 Å². The van der Waals surface area contributed by atoms with Crippen LogP contribution in [0.5, 0.6) is 0 Å². The highest BCUT2D eigenvalue weighted by Crippen LogP contribution is 2.16. The van der Waals surface area contributed by atoms with E-state index in [0.717, 1.165) is 5.69 Å². The summed E-state index contributed by atoms with van der Waals surface area (Å²) in [5, 5.41) is 7.33. The lowest BCUT2D eigenvalue weighted by atomic mass is 10.6. The number of thiazole rings is 1. The second-order valence-corrected chi connectivity index (χ2v) is 3.11. The quantitative estimate of drug-likeness (QED) is 0.722. The average Bonchev–Trinajstić information content (AvgIpc) is 2.52. The van der Waals surface area contributed by atoms with Crippen molar-refractivity contribution < 1.29 is 4.79 Å². The Bertz CT molecular complexity index is 276. The van der Waals surface area contributed by atoms with E-state index in [2.05, 4.69) is 15.6 Å². The Hall–Kier alpha value is -0.810. The van der Waals surface area contributed by atoms with E-state index < -0.39 is 0 Å². The largest absolute Gasteiger partial charge is 0.341 e. The smallest absolute Gasteiger partial charge is 0.320 e. The predicted octanol–water partition coefficient (Wildman–Crippen LogP) is 1.63. The summed E-state index contributed by atoms with van der Waals surface area (Å²) < 4.78 is 0. The van der Waals surface area contributed by atoms with E-state index >= 15 is 0 Å². The van der Waals surface area contributed by atoms with Gasteiger partial charge in [0.25, 0.3) is 0 Å². The topological polar surface area (TPSA) is 54.0 Å². The van der Waals surface area contributed by atoms with E-state index in [1.165, 1.54) is 11.3 Å². The fourth-order valence-corrected chi connectivity index (χ4v) is 1.52. The molecule has 0 saturated carbocycles. The molecule has 12 heavy (non-hydrogen) atoms. The Kier molecular flexibility index (Phi) is 3.31. The van der Waals surface area contributed by atoms with Crippen LogP contribution in [0.4, 0.5) is 9.93 Å². The number of carbonyl (C=O) groups excluding carboxylic acids is 1. The normalized spacial score (nSPS) is 9.50. The third-order valence-electron chi connectivity index (χ3n) is 1.14. The fourth-order valence-electron chi connectivity index (χ4n) is 0.585. The van der Waals surface area contributed by atoms with Crippen molar-refractivity contribution in [1.82, 2.24) is 10.3 Å². The zero-order valence-corrected chi connectivity index (χ0v) is 8.00. The lowest BCUT2D eigenvalue weighted by Crippen LogP contribution is -2.24. The van der Waals surface area contributed by atoms with Gasteiger partial charge in [-0.05, 0) is 0 Å². The molecule has 0 spiro atoms. The summed E-state index contributed by atoms with van der Waals surface area (Å²) in [6, 6.07) is -0.273. The molecule has 4 nitrogen and oxygen atoms in total. The molecule has 1 aromatic heterocycles. The molecule has 0 fully saturated rings. The Balaban J connectivity index is 2.58. The van der Waals surface area contributed by atoms with Crippen LogP contribution in [0.25, 0.3) is 0 Å². The third-order valence-corrected chi connectivity index (χ3v) is 2.22. The highest BCUT2D eigenvalue weighted by Gasteiger charge is 2.02. The van der Waals surface area contributed by atoms with Crippen LogP contribution in [0.3, 0.4) is 0 Å². The molecule has 0 bridgehead atoms. The fraction of sp³-hybridized carbons (Fsp3) is 0.333. The van der Waals surface area contributed by atoms with Crippen LogP contribution in [0.1, 0.15) is 5.69 Å². The molecule has 66 valence electrons. The van der Waals surface area contributed by atoms with Crippen LogP contribution in [0.15, 0.2) is 5.38 Å². The minimum Gasteiger partial charge on any atom is -0.341 e. The molecule has 0 aliphatic carbocycles. The zero-order chi connectivity index (χ0) is 8.97. The minimum atomic E-state index is -0.273. The first kappa shape index (κ1) is 9.28. The van der Waals surface area contributed by atoms with Crippen LogP contribution >= 0.6 is 22.9 Å². The number of anilines is 1. The van der Waals surface area contributed by atoms with Crippen molar-refractivity contribution >= 4 is 34.1 Å². The first-order chi connectivity index (χ1) is 5.76. The van der Waals surface area contributed by atoms with Crippen molar-refractivity contribution in [3.8, 4) is 0 Å². The summed E-state index contributed by atoms with van der Waals surface area (Å²) in [5.74, 6) is 0.367. The maximum atomic E-state index is 10.8. The van der Waals surface area contributed by atoms with Crippen molar-refractivity contribution in [2.75, 3.05) is 12.4 Å². The summed E-state index contributed by atoms with van der Waals surface area (Å²) in [6.07, 6.45) is 0. The van der Waals surface area contributed by atoms with Gasteiger partial charge in [0.1, 0.15) is 0 Å². The van der Waals surface area contributed by atoms with Gasteiger partial charge in [0.05, 0.1) is 11.6 Å². The SMILES string of the molecule is CNC(=O)Nc1nc(CCl)cs1. The molecule has 1 aromatic rings. The molecule has 0 aliphatic rings. The van der Waals surface area contributed by atoms with Crippen LogP contribution in [0.2, 0.25) is 0 Å². The molecule has 0 unspecified atom stereocenters. The standard InChI is InChI=1S/C6H8ClN3OS/c1-8-5(11)10-6-9-4(2-7)3-12-6/h3H,2H2,1H3,(H2,8,9,10,11). The molecule has 1 heterocycles. The average molecular weight is 206 g/mol. The maximum Gasteiger partial charge on any atom is 0.320 e. The molecule has 0 saturated heterocycles. The molecular formula is C6H8ClN3OS. The zero-order valence-electron chi connectivity index (χ0n) is 6.43. The Morgan fingerprint density at radius 2 is 2.58 bits per heavy atom. The second kappa shape index (κ2) is 4.27. The van der Waals surface area contributed by atoms with Crippen LogP contribution in [-0.2, 0) is 5.88 Å². The van der Waals surface area contributed by atoms with E-state index in [1.807, 2.05) is 0 Å². The van der Waals surface area contributed by atoms with Gasteiger partial charge in [-0.3, -0.25) is 5.32 Å². The Morgan fingerprint density at radius 3 is 3.08 bits per heavy atom. The molecule has 0 aliphatic heterocycles. The number of aromatic nitrogens is 1. The highest BCUT2D eigenvalue weighted by molar-refractivity contribution is 7.13. The molecule has 2 N–H and O–H groups in total. The Morgan fingerprint density at radius 1 is 1.83 bits per heavy atom. The van der Waals surface area contributed by atoms with Crippen LogP contribution in [-0.4, -0.2) is 18.1 Å². The monoisotopic (exact) mass is 205 g/mol. The highest BCUT2D eigenvalue weighted by atomic mass is 35.5. The number of hydrogen-bond donors (Lipinski definition) is 2. The van der Waals surface area contributed by atoms with E-state index in [-0.39, 0.29) is 6.03 Å². The third kappa shape index (κ3) is 2.35. The lowest BCUT2D eigenvalue weighted by Gasteiger charge is -1.97. The van der Waals surface area contributed by atoms with Crippen molar-refractivity contribution in [3.63, 3.8) is 0 Å². The summed E-state index contributed by atoms with van der Waals surface area (Å²) in [6.45, 7) is 0. The molecule has 0 aromatic carbocycles. The summed E-state index contributed by atoms with van der Waals surface area (Å²) in [5.41, 5.74) is 0.771. The van der Waals surface area contributed by atoms with Gasteiger partial charge < -0.3 is 5.32 Å². The number of hydrogen-bond acceptors (Lipinski definition) is 3. The van der Waals surface area contributed by atoms with Crippen LogP contribution < -0.4 is 10.6 Å². The second-order valence-electron chi connectivity index (χ2n) is 1.98. The summed E-state index contributed by atoms with van der Waals surface area (Å²) >= 11 is 6.88. The minimum absolute atomic E-state index is 0.273. The van der Waals surface area contributed by atoms with Gasteiger partial charge in [-0.1, -0.05) is 0 Å². The van der Waals surface area contributed by atoms with E-state index in [9.17, 15) is 4.79 Å². The van der Waals surface area contributed by atoms with Gasteiger partial charge in [-0.25, -0.2) is 9.78 Å². The van der Waals surface area contributed by atoms with Crippen molar-refractivity contribution in [1.29, 1.82) is 0 Å². The molecule has 0 atom stereocenters. The number of nitrogens with one attached hydrogen (secondary N) is 2. The number of halogens is 1. The van der Waals surface area contributed by atoms with E-state index in [1.54, 1.807) is 12.4 Å². The van der Waals surface area contributed by atoms with Gasteiger partial charge in [0.2, 0.25) is 0 Å². The van der Waals surface area contributed by atoms with Gasteiger partial charge in [-0.2, -0.15) is 0 Å². The number of nitrogens with zero attached hydrogens (tertiary/aromatic N) is 1. The van der Waals surface area contributed by atoms with E-state index in [0.29, 0.717) is 11.0 Å². The van der Waals surface area contributed by atoms with E-state index in [4.69, 9.17) is 11.6 Å². The lowest BCUT2D eigenvalue weighted by molar-refractivity contribution is 0.254. The number of urea groups is 1. The number of rotatable bonds is 2. The number of carbonyl (C=O) groups is 1. The molecule has 2 amide bonds. The maximum absolute atomic E-state index is 10.8. The van der Waals surface area contributed by atoms with Gasteiger partial charge in [0, 0.05) is 12.4 Å². The number of alkyl halides is 1. The first-order valence-corrected chi connectivity index (χ1v) is 4.66. The number of amides is 2. The van der Waals surface area contributed by atoms with Crippen molar-refractivity contribution in [3.05, 3.63) is 11.1 Å². The summed E-state index contributed by atoms with van der Waals surface area (Å²) in [4.78, 5) is 14.8. The molecule has 0 radical (unpaired) electrons. The van der Waals surface area contributed by atoms with Gasteiger partial charge in [0.15, 0.2) is 5.13 Å². The van der Waals surface area contributed by atoms with Gasteiger partial charge >= 0.3 is 6.03 Å². The molecule has 6 heteroatoms. The summed E-state index contributed by atoms with van der Waals surface area (Å²) in [7, 11) is 1.55. The van der Waals surface area contributed by atoms with Crippen LogP contribution in [0, 0.1) is 0 Å². The molecule has 1 rings (SSSR count). The van der Waals surface area contributed by atoms with Gasteiger partial charge in [-0.15, -0.1) is 22.9 Å². The first-order valence-electron chi connectivity index (χ1n) is 3.25. The Labute approximate surface area is 79.0 Å². The molecular weight excluding hydrogens is 198 g/mol. The van der Waals surface area contributed by atoms with Crippen molar-refractivity contribution in [2.45, 2.75) is 5.88 Å². The predicted molar refractivity (Wildman–Crippen MR) is 49.7 cm³/mol.